The maximum absolute atomic E-state index is 13.5. The molecule has 0 bridgehead atoms. The van der Waals surface area contributed by atoms with E-state index in [9.17, 15) is 18.8 Å². The van der Waals surface area contributed by atoms with Gasteiger partial charge in [0.25, 0.3) is 5.91 Å². The molecule has 2 aromatic carbocycles. The standard InChI is InChI=1S/C26H28FN3O3S/c1-26(2,3)29-25(33)23(19-8-5-4-6-9-19)30(17-18-11-13-20(27)14-12-18)22(31)16-28-24(32)21-10-7-15-34-21/h4-15,23H,16-17H2,1-3H3,(H,28,32)(H,29,33). The molecular formula is C26H28FN3O3S. The van der Waals surface area contributed by atoms with Gasteiger partial charge in [-0.1, -0.05) is 48.5 Å². The van der Waals surface area contributed by atoms with Crippen LogP contribution in [0.25, 0.3) is 0 Å². The summed E-state index contributed by atoms with van der Waals surface area (Å²) in [5, 5.41) is 7.38. The molecule has 0 aliphatic heterocycles. The first-order valence-electron chi connectivity index (χ1n) is 10.9. The summed E-state index contributed by atoms with van der Waals surface area (Å²) in [7, 11) is 0. The summed E-state index contributed by atoms with van der Waals surface area (Å²) in [5.74, 6) is -1.54. The monoisotopic (exact) mass is 481 g/mol. The largest absolute Gasteiger partial charge is 0.349 e. The Morgan fingerprint density at radius 3 is 2.24 bits per heavy atom. The Morgan fingerprint density at radius 1 is 0.971 bits per heavy atom. The highest BCUT2D eigenvalue weighted by atomic mass is 32.1. The molecule has 3 aromatic rings. The lowest BCUT2D eigenvalue weighted by Crippen LogP contribution is -2.50. The summed E-state index contributed by atoms with van der Waals surface area (Å²) in [4.78, 5) is 41.2. The fourth-order valence-electron chi connectivity index (χ4n) is 3.41. The van der Waals surface area contributed by atoms with E-state index in [1.54, 1.807) is 53.9 Å². The summed E-state index contributed by atoms with van der Waals surface area (Å²) in [6.45, 7) is 5.36. The maximum atomic E-state index is 13.5. The summed E-state index contributed by atoms with van der Waals surface area (Å²) in [5.41, 5.74) is 0.760. The molecule has 0 aliphatic carbocycles. The van der Waals surface area contributed by atoms with E-state index in [-0.39, 0.29) is 24.9 Å². The zero-order valence-electron chi connectivity index (χ0n) is 19.4. The molecule has 34 heavy (non-hydrogen) atoms. The van der Waals surface area contributed by atoms with Crippen molar-refractivity contribution in [2.45, 2.75) is 38.9 Å². The van der Waals surface area contributed by atoms with Gasteiger partial charge in [-0.2, -0.15) is 0 Å². The number of amides is 3. The maximum Gasteiger partial charge on any atom is 0.261 e. The zero-order valence-corrected chi connectivity index (χ0v) is 20.2. The SMILES string of the molecule is CC(C)(C)NC(=O)C(c1ccccc1)N(Cc1ccc(F)cc1)C(=O)CNC(=O)c1cccs1. The van der Waals surface area contributed by atoms with Crippen LogP contribution in [0, 0.1) is 5.82 Å². The minimum atomic E-state index is -0.948. The van der Waals surface area contributed by atoms with Crippen LogP contribution in [0.15, 0.2) is 72.1 Å². The van der Waals surface area contributed by atoms with Crippen molar-refractivity contribution in [3.63, 3.8) is 0 Å². The Bertz CT molecular complexity index is 1110. The quantitative estimate of drug-likeness (QED) is 0.504. The third-order valence-corrected chi connectivity index (χ3v) is 5.77. The fourth-order valence-corrected chi connectivity index (χ4v) is 4.05. The van der Waals surface area contributed by atoms with Crippen molar-refractivity contribution < 1.29 is 18.8 Å². The molecule has 1 unspecified atom stereocenters. The number of rotatable bonds is 8. The lowest BCUT2D eigenvalue weighted by Gasteiger charge is -2.34. The number of nitrogens with zero attached hydrogens (tertiary/aromatic N) is 1. The lowest BCUT2D eigenvalue weighted by atomic mass is 10.0. The first-order chi connectivity index (χ1) is 16.1. The predicted octanol–water partition coefficient (Wildman–Crippen LogP) is 4.30. The van der Waals surface area contributed by atoms with E-state index in [2.05, 4.69) is 10.6 Å². The highest BCUT2D eigenvalue weighted by molar-refractivity contribution is 7.12. The normalized spacial score (nSPS) is 12.0. The predicted molar refractivity (Wildman–Crippen MR) is 131 cm³/mol. The second-order valence-corrected chi connectivity index (χ2v) is 9.81. The Kier molecular flexibility index (Phi) is 8.17. The molecule has 1 atom stereocenters. The van der Waals surface area contributed by atoms with E-state index >= 15 is 0 Å². The molecule has 6 nitrogen and oxygen atoms in total. The summed E-state index contributed by atoms with van der Waals surface area (Å²) >= 11 is 1.27. The zero-order chi connectivity index (χ0) is 24.7. The number of thiophene rings is 1. The van der Waals surface area contributed by atoms with E-state index in [1.807, 2.05) is 26.8 Å². The Labute approximate surface area is 202 Å². The van der Waals surface area contributed by atoms with Gasteiger partial charge in [0.1, 0.15) is 11.9 Å². The Balaban J connectivity index is 1.93. The second kappa shape index (κ2) is 11.1. The third-order valence-electron chi connectivity index (χ3n) is 4.91. The van der Waals surface area contributed by atoms with E-state index in [1.165, 1.54) is 28.4 Å². The Morgan fingerprint density at radius 2 is 1.65 bits per heavy atom. The highest BCUT2D eigenvalue weighted by Gasteiger charge is 2.33. The Hall–Kier alpha value is -3.52. The summed E-state index contributed by atoms with van der Waals surface area (Å²) < 4.78 is 13.5. The minimum absolute atomic E-state index is 0.0606. The number of hydrogen-bond acceptors (Lipinski definition) is 4. The van der Waals surface area contributed by atoms with Crippen LogP contribution in [-0.4, -0.2) is 34.7 Å². The first-order valence-corrected chi connectivity index (χ1v) is 11.7. The number of carbonyl (C=O) groups excluding carboxylic acids is 3. The van der Waals surface area contributed by atoms with Gasteiger partial charge in [0.2, 0.25) is 11.8 Å². The molecule has 3 rings (SSSR count). The van der Waals surface area contributed by atoms with Crippen LogP contribution >= 0.6 is 11.3 Å². The van der Waals surface area contributed by atoms with Crippen LogP contribution in [0.5, 0.6) is 0 Å². The number of nitrogens with one attached hydrogen (secondary N) is 2. The summed E-state index contributed by atoms with van der Waals surface area (Å²) in [6, 6.07) is 17.2. The molecule has 0 fully saturated rings. The second-order valence-electron chi connectivity index (χ2n) is 8.86. The van der Waals surface area contributed by atoms with E-state index in [4.69, 9.17) is 0 Å². The van der Waals surface area contributed by atoms with Crippen molar-refractivity contribution in [1.29, 1.82) is 0 Å². The molecule has 1 heterocycles. The summed E-state index contributed by atoms with van der Waals surface area (Å²) in [6.07, 6.45) is 0. The highest BCUT2D eigenvalue weighted by Crippen LogP contribution is 2.25. The van der Waals surface area contributed by atoms with Crippen LogP contribution in [0.2, 0.25) is 0 Å². The molecule has 0 radical (unpaired) electrons. The van der Waals surface area contributed by atoms with Gasteiger partial charge in [-0.15, -0.1) is 11.3 Å². The van der Waals surface area contributed by atoms with Gasteiger partial charge in [-0.3, -0.25) is 14.4 Å². The molecular weight excluding hydrogens is 453 g/mol. The van der Waals surface area contributed by atoms with Crippen molar-refractivity contribution in [3.05, 3.63) is 93.9 Å². The lowest BCUT2D eigenvalue weighted by molar-refractivity contribution is -0.141. The molecule has 178 valence electrons. The van der Waals surface area contributed by atoms with Crippen LogP contribution in [-0.2, 0) is 16.1 Å². The molecule has 0 saturated carbocycles. The van der Waals surface area contributed by atoms with Crippen molar-refractivity contribution >= 4 is 29.1 Å². The van der Waals surface area contributed by atoms with Crippen LogP contribution in [0.4, 0.5) is 4.39 Å². The van der Waals surface area contributed by atoms with Gasteiger partial charge >= 0.3 is 0 Å². The van der Waals surface area contributed by atoms with Gasteiger partial charge in [0.05, 0.1) is 11.4 Å². The average molecular weight is 482 g/mol. The molecule has 2 N–H and O–H groups in total. The molecule has 8 heteroatoms. The molecule has 0 saturated heterocycles. The molecule has 3 amide bonds. The van der Waals surface area contributed by atoms with Crippen molar-refractivity contribution in [3.8, 4) is 0 Å². The van der Waals surface area contributed by atoms with E-state index in [0.29, 0.717) is 16.0 Å². The first kappa shape index (κ1) is 25.1. The minimum Gasteiger partial charge on any atom is -0.349 e. The number of halogens is 1. The van der Waals surface area contributed by atoms with E-state index in [0.717, 1.165) is 0 Å². The topological polar surface area (TPSA) is 78.5 Å². The van der Waals surface area contributed by atoms with Gasteiger partial charge in [0.15, 0.2) is 0 Å². The van der Waals surface area contributed by atoms with Crippen LogP contribution < -0.4 is 10.6 Å². The van der Waals surface area contributed by atoms with Crippen molar-refractivity contribution in [2.75, 3.05) is 6.54 Å². The van der Waals surface area contributed by atoms with Gasteiger partial charge in [-0.05, 0) is 55.5 Å². The fraction of sp³-hybridized carbons (Fsp3) is 0.269. The van der Waals surface area contributed by atoms with Gasteiger partial charge in [0, 0.05) is 12.1 Å². The third kappa shape index (κ3) is 6.99. The average Bonchev–Trinajstić information content (AvgIpc) is 3.33. The van der Waals surface area contributed by atoms with Crippen LogP contribution in [0.3, 0.4) is 0 Å². The van der Waals surface area contributed by atoms with Crippen molar-refractivity contribution in [1.82, 2.24) is 15.5 Å². The van der Waals surface area contributed by atoms with Gasteiger partial charge < -0.3 is 15.5 Å². The van der Waals surface area contributed by atoms with E-state index < -0.39 is 23.3 Å². The molecule has 0 aliphatic rings. The van der Waals surface area contributed by atoms with Crippen molar-refractivity contribution in [2.24, 2.45) is 0 Å². The number of hydrogen-bond donors (Lipinski definition) is 2. The molecule has 0 spiro atoms. The number of carbonyl (C=O) groups is 3. The van der Waals surface area contributed by atoms with Crippen LogP contribution in [0.1, 0.15) is 47.6 Å². The number of benzene rings is 2. The molecule has 1 aromatic heterocycles. The smallest absolute Gasteiger partial charge is 0.261 e. The van der Waals surface area contributed by atoms with Gasteiger partial charge in [-0.25, -0.2) is 4.39 Å².